The predicted octanol–water partition coefficient (Wildman–Crippen LogP) is 2.81. The maximum absolute atomic E-state index is 4.79. The van der Waals surface area contributed by atoms with Crippen molar-refractivity contribution in [1.29, 1.82) is 0 Å². The molecule has 0 radical (unpaired) electrons. The number of piperidine rings is 1. The van der Waals surface area contributed by atoms with Gasteiger partial charge in [-0.25, -0.2) is 9.50 Å². The largest absolute Gasteiger partial charge is 0.317 e. The van der Waals surface area contributed by atoms with Crippen LogP contribution in [0.2, 0.25) is 0 Å². The van der Waals surface area contributed by atoms with Crippen molar-refractivity contribution in [2.45, 2.75) is 18.8 Å². The summed E-state index contributed by atoms with van der Waals surface area (Å²) in [6.45, 7) is 2.17. The van der Waals surface area contributed by atoms with E-state index < -0.39 is 0 Å². The molecule has 1 aromatic carbocycles. The summed E-state index contributed by atoms with van der Waals surface area (Å²) in [7, 11) is 1.94. The first kappa shape index (κ1) is 14.1. The van der Waals surface area contributed by atoms with Crippen molar-refractivity contribution >= 4 is 27.2 Å². The number of hydrogen-bond donors (Lipinski definition) is 1. The van der Waals surface area contributed by atoms with Crippen LogP contribution in [0, 0.1) is 0 Å². The van der Waals surface area contributed by atoms with Crippen LogP contribution in [0.4, 0.5) is 0 Å². The average Bonchev–Trinajstić information content (AvgIpc) is 3.26. The molecular weight excluding hydrogens is 320 g/mol. The molecule has 6 nitrogen and oxygen atoms in total. The van der Waals surface area contributed by atoms with Crippen molar-refractivity contribution in [3.8, 4) is 11.3 Å². The molecule has 0 bridgehead atoms. The number of rotatable bonds is 2. The number of hydrogen-bond acceptors (Lipinski definition) is 5. The lowest BCUT2D eigenvalue weighted by molar-refractivity contribution is 0.456. The molecule has 1 N–H and O–H groups in total. The van der Waals surface area contributed by atoms with Gasteiger partial charge < -0.3 is 5.32 Å². The number of aryl methyl sites for hydroxylation is 1. The predicted molar refractivity (Wildman–Crippen MR) is 95.4 cm³/mol. The molecule has 1 aliphatic heterocycles. The zero-order chi connectivity index (χ0) is 16.1. The third-order valence-electron chi connectivity index (χ3n) is 4.66. The van der Waals surface area contributed by atoms with Gasteiger partial charge in [0.2, 0.25) is 4.96 Å². The summed E-state index contributed by atoms with van der Waals surface area (Å²) in [5.41, 5.74) is 3.08. The molecule has 1 saturated heterocycles. The van der Waals surface area contributed by atoms with Crippen LogP contribution in [0.3, 0.4) is 0 Å². The first-order valence-corrected chi connectivity index (χ1v) is 9.08. The second-order valence-corrected chi connectivity index (χ2v) is 7.38. The monoisotopic (exact) mass is 338 g/mol. The van der Waals surface area contributed by atoms with E-state index in [2.05, 4.69) is 22.5 Å². The second-order valence-electron chi connectivity index (χ2n) is 6.39. The molecule has 5 rings (SSSR count). The highest BCUT2D eigenvalue weighted by Gasteiger charge is 2.20. The zero-order valence-corrected chi connectivity index (χ0v) is 14.3. The molecule has 0 saturated carbocycles. The van der Waals surface area contributed by atoms with Gasteiger partial charge in [0.25, 0.3) is 0 Å². The molecule has 0 amide bonds. The Morgan fingerprint density at radius 3 is 2.88 bits per heavy atom. The highest BCUT2D eigenvalue weighted by molar-refractivity contribution is 7.16. The summed E-state index contributed by atoms with van der Waals surface area (Å²) in [4.78, 5) is 5.76. The standard InChI is InChI=1S/C17H18N6S/c1-22-9-13-8-12(2-3-14(13)20-22)15-10-23-17(19-15)24-16(21-23)11-4-6-18-7-5-11/h2-3,8-11,18H,4-7H2,1H3. The van der Waals surface area contributed by atoms with E-state index in [1.54, 1.807) is 11.3 Å². The van der Waals surface area contributed by atoms with Gasteiger partial charge in [-0.15, -0.1) is 0 Å². The van der Waals surface area contributed by atoms with Crippen LogP contribution in [-0.4, -0.2) is 37.5 Å². The van der Waals surface area contributed by atoms with Gasteiger partial charge in [-0.1, -0.05) is 17.4 Å². The van der Waals surface area contributed by atoms with E-state index in [-0.39, 0.29) is 0 Å². The minimum absolute atomic E-state index is 0.577. The molecule has 3 aromatic heterocycles. The van der Waals surface area contributed by atoms with Crippen LogP contribution < -0.4 is 5.32 Å². The Morgan fingerprint density at radius 1 is 1.17 bits per heavy atom. The molecule has 24 heavy (non-hydrogen) atoms. The summed E-state index contributed by atoms with van der Waals surface area (Å²) in [5, 5.41) is 15.0. The Kier molecular flexibility index (Phi) is 3.17. The highest BCUT2D eigenvalue weighted by Crippen LogP contribution is 2.31. The lowest BCUT2D eigenvalue weighted by Gasteiger charge is -2.19. The average molecular weight is 338 g/mol. The SMILES string of the molecule is Cn1cc2cc(-c3cn4nc(C5CCNCC5)sc4n3)ccc2n1. The number of nitrogens with zero attached hydrogens (tertiary/aromatic N) is 5. The van der Waals surface area contributed by atoms with Crippen LogP contribution in [0.25, 0.3) is 27.1 Å². The van der Waals surface area contributed by atoms with Crippen LogP contribution >= 0.6 is 11.3 Å². The summed E-state index contributed by atoms with van der Waals surface area (Å²) < 4.78 is 3.78. The van der Waals surface area contributed by atoms with Gasteiger partial charge in [0.05, 0.1) is 17.4 Å². The quantitative estimate of drug-likeness (QED) is 0.610. The highest BCUT2D eigenvalue weighted by atomic mass is 32.1. The third kappa shape index (κ3) is 2.32. The second kappa shape index (κ2) is 5.39. The fourth-order valence-corrected chi connectivity index (χ4v) is 4.45. The summed E-state index contributed by atoms with van der Waals surface area (Å²) in [6.07, 6.45) is 6.40. The maximum atomic E-state index is 4.79. The molecule has 1 fully saturated rings. The van der Waals surface area contributed by atoms with Crippen molar-refractivity contribution in [3.05, 3.63) is 35.6 Å². The topological polar surface area (TPSA) is 60.0 Å². The van der Waals surface area contributed by atoms with Crippen molar-refractivity contribution in [1.82, 2.24) is 29.7 Å². The minimum atomic E-state index is 0.577. The molecule has 0 spiro atoms. The molecule has 4 aromatic rings. The minimum Gasteiger partial charge on any atom is -0.317 e. The number of fused-ring (bicyclic) bond motifs is 2. The number of benzene rings is 1. The Balaban J connectivity index is 1.51. The molecule has 0 unspecified atom stereocenters. The molecular formula is C17H18N6S. The summed E-state index contributed by atoms with van der Waals surface area (Å²) in [5.74, 6) is 0.577. The van der Waals surface area contributed by atoms with Gasteiger partial charge in [0, 0.05) is 30.1 Å². The van der Waals surface area contributed by atoms with E-state index in [0.717, 1.165) is 40.2 Å². The van der Waals surface area contributed by atoms with Gasteiger partial charge in [0.1, 0.15) is 5.01 Å². The van der Waals surface area contributed by atoms with E-state index in [4.69, 9.17) is 10.1 Å². The van der Waals surface area contributed by atoms with Crippen molar-refractivity contribution in [3.63, 3.8) is 0 Å². The van der Waals surface area contributed by atoms with Crippen LogP contribution in [0.15, 0.2) is 30.6 Å². The Bertz CT molecular complexity index is 989. The molecule has 1 aliphatic rings. The fraction of sp³-hybridized carbons (Fsp3) is 0.353. The van der Waals surface area contributed by atoms with Crippen molar-refractivity contribution < 1.29 is 0 Å². The van der Waals surface area contributed by atoms with Crippen LogP contribution in [-0.2, 0) is 7.05 Å². The first-order valence-electron chi connectivity index (χ1n) is 8.27. The van der Waals surface area contributed by atoms with Gasteiger partial charge in [-0.05, 0) is 38.1 Å². The van der Waals surface area contributed by atoms with E-state index in [1.165, 1.54) is 17.8 Å². The maximum Gasteiger partial charge on any atom is 0.212 e. The Hall–Kier alpha value is -2.25. The van der Waals surface area contributed by atoms with E-state index >= 15 is 0 Å². The normalized spacial score (nSPS) is 16.4. The van der Waals surface area contributed by atoms with Crippen molar-refractivity contribution in [2.24, 2.45) is 7.05 Å². The molecule has 0 atom stereocenters. The molecule has 4 heterocycles. The van der Waals surface area contributed by atoms with Crippen LogP contribution in [0.1, 0.15) is 23.8 Å². The fourth-order valence-electron chi connectivity index (χ4n) is 3.40. The number of imidazole rings is 1. The molecule has 122 valence electrons. The van der Waals surface area contributed by atoms with E-state index in [1.807, 2.05) is 34.7 Å². The zero-order valence-electron chi connectivity index (χ0n) is 13.4. The van der Waals surface area contributed by atoms with Gasteiger partial charge in [-0.3, -0.25) is 4.68 Å². The lowest BCUT2D eigenvalue weighted by Crippen LogP contribution is -2.26. The van der Waals surface area contributed by atoms with Gasteiger partial charge in [0.15, 0.2) is 0 Å². The molecule has 7 heteroatoms. The van der Waals surface area contributed by atoms with Gasteiger partial charge >= 0.3 is 0 Å². The lowest BCUT2D eigenvalue weighted by atomic mass is 9.99. The number of aromatic nitrogens is 5. The van der Waals surface area contributed by atoms with Crippen molar-refractivity contribution in [2.75, 3.05) is 13.1 Å². The summed E-state index contributed by atoms with van der Waals surface area (Å²) >= 11 is 1.72. The first-order chi connectivity index (χ1) is 11.8. The van der Waals surface area contributed by atoms with E-state index in [9.17, 15) is 0 Å². The van der Waals surface area contributed by atoms with Gasteiger partial charge in [-0.2, -0.15) is 10.2 Å². The number of nitrogens with one attached hydrogen (secondary N) is 1. The third-order valence-corrected chi connectivity index (χ3v) is 5.75. The Labute approximate surface area is 143 Å². The molecule has 0 aliphatic carbocycles. The summed E-state index contributed by atoms with van der Waals surface area (Å²) in [6, 6.07) is 6.27. The Morgan fingerprint density at radius 2 is 2.04 bits per heavy atom. The smallest absolute Gasteiger partial charge is 0.212 e. The van der Waals surface area contributed by atoms with E-state index in [0.29, 0.717) is 5.92 Å². The van der Waals surface area contributed by atoms with Crippen LogP contribution in [0.5, 0.6) is 0 Å².